The van der Waals surface area contributed by atoms with Gasteiger partial charge in [0.25, 0.3) is 0 Å². The predicted molar refractivity (Wildman–Crippen MR) is 75.9 cm³/mol. The molecule has 0 radical (unpaired) electrons. The van der Waals surface area contributed by atoms with Crippen molar-refractivity contribution < 1.29 is 0 Å². The largest absolute Gasteiger partial charge is 0.316 e. The number of hydrogen-bond donors (Lipinski definition) is 1. The fraction of sp³-hybridized carbons (Fsp3) is 0.357. The van der Waals surface area contributed by atoms with Crippen molar-refractivity contribution in [2.24, 2.45) is 7.05 Å². The van der Waals surface area contributed by atoms with E-state index in [-0.39, 0.29) is 0 Å². The smallest absolute Gasteiger partial charge is 0.0675 e. The van der Waals surface area contributed by atoms with Crippen LogP contribution in [0, 0.1) is 13.8 Å². The molecule has 18 heavy (non-hydrogen) atoms. The third-order valence-corrected chi connectivity index (χ3v) is 3.51. The maximum Gasteiger partial charge on any atom is 0.0675 e. The van der Waals surface area contributed by atoms with E-state index < -0.39 is 0 Å². The van der Waals surface area contributed by atoms with Crippen LogP contribution < -0.4 is 5.32 Å². The average Bonchev–Trinajstić information content (AvgIpc) is 2.55. The lowest BCUT2D eigenvalue weighted by Crippen LogP contribution is -2.04. The number of nitrogens with one attached hydrogen (secondary N) is 1. The number of rotatable bonds is 3. The zero-order valence-corrected chi connectivity index (χ0v) is 12.0. The van der Waals surface area contributed by atoms with Gasteiger partial charge in [-0.1, -0.05) is 23.7 Å². The Balaban J connectivity index is 2.51. The first-order chi connectivity index (χ1) is 8.54. The summed E-state index contributed by atoms with van der Waals surface area (Å²) in [7, 11) is 3.88. The second kappa shape index (κ2) is 5.12. The predicted octanol–water partition coefficient (Wildman–Crippen LogP) is 3.08. The van der Waals surface area contributed by atoms with Gasteiger partial charge in [-0.25, -0.2) is 0 Å². The maximum absolute atomic E-state index is 6.39. The molecule has 3 nitrogen and oxygen atoms in total. The molecule has 0 atom stereocenters. The lowest BCUT2D eigenvalue weighted by atomic mass is 10.0. The Kier molecular flexibility index (Phi) is 3.73. The first-order valence-electron chi connectivity index (χ1n) is 5.98. The van der Waals surface area contributed by atoms with E-state index in [9.17, 15) is 0 Å². The SMILES string of the molecule is CNCc1ccc(-c2c(C)nn(C)c2C)c(Cl)c1. The summed E-state index contributed by atoms with van der Waals surface area (Å²) in [6, 6.07) is 6.19. The van der Waals surface area contributed by atoms with Crippen molar-refractivity contribution in [3.8, 4) is 11.1 Å². The van der Waals surface area contributed by atoms with E-state index in [0.717, 1.165) is 34.1 Å². The highest BCUT2D eigenvalue weighted by molar-refractivity contribution is 6.33. The number of halogens is 1. The Morgan fingerprint density at radius 2 is 2.06 bits per heavy atom. The first kappa shape index (κ1) is 13.1. The molecule has 0 aliphatic carbocycles. The van der Waals surface area contributed by atoms with Crippen molar-refractivity contribution in [3.05, 3.63) is 40.2 Å². The topological polar surface area (TPSA) is 29.9 Å². The molecule has 1 aromatic carbocycles. The van der Waals surface area contributed by atoms with E-state index in [2.05, 4.69) is 29.5 Å². The fourth-order valence-corrected chi connectivity index (χ4v) is 2.54. The molecule has 0 fully saturated rings. The number of benzene rings is 1. The standard InChI is InChI=1S/C14H18ClN3/c1-9-14(10(2)18(4)17-9)12-6-5-11(8-16-3)7-13(12)15/h5-7,16H,8H2,1-4H3. The van der Waals surface area contributed by atoms with Crippen molar-refractivity contribution in [1.29, 1.82) is 0 Å². The normalized spacial score (nSPS) is 10.9. The van der Waals surface area contributed by atoms with Gasteiger partial charge in [0.1, 0.15) is 0 Å². The monoisotopic (exact) mass is 263 g/mol. The quantitative estimate of drug-likeness (QED) is 0.922. The van der Waals surface area contributed by atoms with Crippen molar-refractivity contribution in [2.75, 3.05) is 7.05 Å². The molecule has 0 aliphatic heterocycles. The first-order valence-corrected chi connectivity index (χ1v) is 6.36. The van der Waals surface area contributed by atoms with Crippen LogP contribution >= 0.6 is 11.6 Å². The van der Waals surface area contributed by atoms with Gasteiger partial charge in [-0.05, 0) is 32.5 Å². The van der Waals surface area contributed by atoms with Gasteiger partial charge in [0.2, 0.25) is 0 Å². The van der Waals surface area contributed by atoms with E-state index >= 15 is 0 Å². The fourth-order valence-electron chi connectivity index (χ4n) is 2.24. The van der Waals surface area contributed by atoms with Crippen LogP contribution in [0.2, 0.25) is 5.02 Å². The molecule has 1 aromatic heterocycles. The van der Waals surface area contributed by atoms with Crippen LogP contribution in [0.25, 0.3) is 11.1 Å². The minimum atomic E-state index is 0.780. The lowest BCUT2D eigenvalue weighted by molar-refractivity contribution is 0.731. The van der Waals surface area contributed by atoms with E-state index in [4.69, 9.17) is 11.6 Å². The third-order valence-electron chi connectivity index (χ3n) is 3.19. The van der Waals surface area contributed by atoms with Crippen molar-refractivity contribution in [1.82, 2.24) is 15.1 Å². The Labute approximate surface area is 113 Å². The van der Waals surface area contributed by atoms with Crippen LogP contribution in [0.5, 0.6) is 0 Å². The third kappa shape index (κ3) is 2.28. The Hall–Kier alpha value is -1.32. The summed E-state index contributed by atoms with van der Waals surface area (Å²) >= 11 is 6.39. The zero-order valence-electron chi connectivity index (χ0n) is 11.2. The van der Waals surface area contributed by atoms with E-state index in [0.29, 0.717) is 0 Å². The number of hydrogen-bond acceptors (Lipinski definition) is 2. The van der Waals surface area contributed by atoms with Gasteiger partial charge in [0.05, 0.1) is 5.69 Å². The molecule has 0 saturated carbocycles. The minimum absolute atomic E-state index is 0.780. The van der Waals surface area contributed by atoms with Gasteiger partial charge in [-0.2, -0.15) is 5.10 Å². The summed E-state index contributed by atoms with van der Waals surface area (Å²) in [6.07, 6.45) is 0. The average molecular weight is 264 g/mol. The molecule has 0 spiro atoms. The summed E-state index contributed by atoms with van der Waals surface area (Å²) in [5, 5.41) is 8.33. The van der Waals surface area contributed by atoms with Crippen molar-refractivity contribution in [2.45, 2.75) is 20.4 Å². The molecule has 0 bridgehead atoms. The highest BCUT2D eigenvalue weighted by Gasteiger charge is 2.14. The summed E-state index contributed by atoms with van der Waals surface area (Å²) in [6.45, 7) is 4.90. The van der Waals surface area contributed by atoms with Crippen molar-refractivity contribution >= 4 is 11.6 Å². The molecular weight excluding hydrogens is 246 g/mol. The van der Waals surface area contributed by atoms with Gasteiger partial charge >= 0.3 is 0 Å². The lowest BCUT2D eigenvalue weighted by Gasteiger charge is -2.08. The van der Waals surface area contributed by atoms with Crippen LogP contribution in [-0.2, 0) is 13.6 Å². The molecule has 0 aliphatic rings. The second-order valence-corrected chi connectivity index (χ2v) is 4.92. The summed E-state index contributed by atoms with van der Waals surface area (Å²) < 4.78 is 1.89. The van der Waals surface area contributed by atoms with Gasteiger partial charge in [0.15, 0.2) is 0 Å². The van der Waals surface area contributed by atoms with Gasteiger partial charge < -0.3 is 5.32 Å². The van der Waals surface area contributed by atoms with Crippen LogP contribution in [0.15, 0.2) is 18.2 Å². The van der Waals surface area contributed by atoms with Crippen molar-refractivity contribution in [3.63, 3.8) is 0 Å². The zero-order chi connectivity index (χ0) is 13.3. The number of aromatic nitrogens is 2. The van der Waals surface area contributed by atoms with Gasteiger partial charge in [-0.3, -0.25) is 4.68 Å². The molecule has 2 rings (SSSR count). The molecule has 4 heteroatoms. The molecule has 2 aromatic rings. The van der Waals surface area contributed by atoms with Crippen LogP contribution in [0.4, 0.5) is 0 Å². The minimum Gasteiger partial charge on any atom is -0.316 e. The molecule has 0 unspecified atom stereocenters. The van der Waals surface area contributed by atoms with Gasteiger partial charge in [-0.15, -0.1) is 0 Å². The van der Waals surface area contributed by atoms with Crippen LogP contribution in [-0.4, -0.2) is 16.8 Å². The van der Waals surface area contributed by atoms with Crippen LogP contribution in [0.1, 0.15) is 17.0 Å². The van der Waals surface area contributed by atoms with E-state index in [1.54, 1.807) is 0 Å². The highest BCUT2D eigenvalue weighted by Crippen LogP contribution is 2.33. The Bertz CT molecular complexity index is 573. The second-order valence-electron chi connectivity index (χ2n) is 4.51. The van der Waals surface area contributed by atoms with Gasteiger partial charge in [0, 0.05) is 35.4 Å². The molecule has 0 saturated heterocycles. The highest BCUT2D eigenvalue weighted by atomic mass is 35.5. The van der Waals surface area contributed by atoms with E-state index in [1.165, 1.54) is 5.56 Å². The Morgan fingerprint density at radius 3 is 2.56 bits per heavy atom. The number of aryl methyl sites for hydroxylation is 2. The molecular formula is C14H18ClN3. The van der Waals surface area contributed by atoms with E-state index in [1.807, 2.05) is 31.8 Å². The maximum atomic E-state index is 6.39. The summed E-state index contributed by atoms with van der Waals surface area (Å²) in [4.78, 5) is 0. The summed E-state index contributed by atoms with van der Waals surface area (Å²) in [5.41, 5.74) is 5.53. The molecule has 0 amide bonds. The number of nitrogens with zero attached hydrogens (tertiary/aromatic N) is 2. The van der Waals surface area contributed by atoms with Crippen LogP contribution in [0.3, 0.4) is 0 Å². The Morgan fingerprint density at radius 1 is 1.33 bits per heavy atom. The summed E-state index contributed by atoms with van der Waals surface area (Å²) in [5.74, 6) is 0. The molecule has 1 N–H and O–H groups in total. The molecule has 1 heterocycles. The molecule has 96 valence electrons.